The van der Waals surface area contributed by atoms with Crippen molar-refractivity contribution in [1.29, 1.82) is 0 Å². The van der Waals surface area contributed by atoms with Gasteiger partial charge in [0.25, 0.3) is 0 Å². The third-order valence-electron chi connectivity index (χ3n) is 0.556. The van der Waals surface area contributed by atoms with Gasteiger partial charge in [-0.05, 0) is 5.25 Å². The minimum absolute atomic E-state index is 0.0301. The van der Waals surface area contributed by atoms with Gasteiger partial charge >= 0.3 is 0 Å². The van der Waals surface area contributed by atoms with Crippen molar-refractivity contribution in [2.24, 2.45) is 0 Å². The molecule has 0 bridgehead atoms. The highest BCUT2D eigenvalue weighted by atomic mass is 32.2. The van der Waals surface area contributed by atoms with Gasteiger partial charge in [0, 0.05) is 0 Å². The molecule has 0 unspecified atom stereocenters. The van der Waals surface area contributed by atoms with E-state index in [0.29, 0.717) is 5.25 Å². The minimum Gasteiger partial charge on any atom is -0.210 e. The van der Waals surface area contributed by atoms with Crippen LogP contribution in [0.4, 0.5) is 8.78 Å². The van der Waals surface area contributed by atoms with E-state index in [4.69, 9.17) is 0 Å². The van der Waals surface area contributed by atoms with Crippen molar-refractivity contribution in [2.75, 3.05) is 5.75 Å². The van der Waals surface area contributed by atoms with Gasteiger partial charge in [-0.2, -0.15) is 11.8 Å². The van der Waals surface area contributed by atoms with Crippen LogP contribution in [-0.4, -0.2) is 17.4 Å². The molecule has 0 nitrogen and oxygen atoms in total. The van der Waals surface area contributed by atoms with E-state index in [1.54, 1.807) is 0 Å². The Morgan fingerprint density at radius 1 is 1.38 bits per heavy atom. The molecule has 0 rings (SSSR count). The Balaban J connectivity index is 2.93. The summed E-state index contributed by atoms with van der Waals surface area (Å²) >= 11 is 1.29. The van der Waals surface area contributed by atoms with E-state index in [9.17, 15) is 8.78 Å². The molecule has 0 atom stereocenters. The van der Waals surface area contributed by atoms with Gasteiger partial charge < -0.3 is 0 Å². The predicted octanol–water partition coefficient (Wildman–Crippen LogP) is 2.39. The van der Waals surface area contributed by atoms with Gasteiger partial charge in [0.1, 0.15) is 0 Å². The Morgan fingerprint density at radius 2 is 1.88 bits per heavy atom. The molecule has 0 aliphatic carbocycles. The summed E-state index contributed by atoms with van der Waals surface area (Å²) in [5.74, 6) is -0.0301. The standard InChI is InChI=1S/C5H10F2S/c1-4(2)8-3-5(6)7/h4-5H,3H2,1-2H3. The van der Waals surface area contributed by atoms with Crippen LogP contribution in [0.1, 0.15) is 13.8 Å². The maximum atomic E-state index is 11.4. The SMILES string of the molecule is CC(C)SCC(F)F. The van der Waals surface area contributed by atoms with Gasteiger partial charge in [-0.15, -0.1) is 0 Å². The monoisotopic (exact) mass is 140 g/mol. The van der Waals surface area contributed by atoms with E-state index >= 15 is 0 Å². The Bertz CT molecular complexity index is 46.4. The van der Waals surface area contributed by atoms with Crippen LogP contribution in [-0.2, 0) is 0 Å². The molecule has 0 fully saturated rings. The molecule has 0 spiro atoms. The fourth-order valence-corrected chi connectivity index (χ4v) is 0.796. The van der Waals surface area contributed by atoms with E-state index in [0.717, 1.165) is 0 Å². The van der Waals surface area contributed by atoms with Crippen LogP contribution < -0.4 is 0 Å². The maximum absolute atomic E-state index is 11.4. The molecule has 0 aromatic heterocycles. The summed E-state index contributed by atoms with van der Waals surface area (Å²) in [6.45, 7) is 3.82. The molecule has 0 aliphatic heterocycles. The third kappa shape index (κ3) is 6.21. The topological polar surface area (TPSA) is 0 Å². The highest BCUT2D eigenvalue weighted by Crippen LogP contribution is 2.12. The van der Waals surface area contributed by atoms with E-state index in [-0.39, 0.29) is 5.75 Å². The second-order valence-corrected chi connectivity index (χ2v) is 3.38. The normalized spacial score (nSPS) is 11.2. The lowest BCUT2D eigenvalue weighted by Crippen LogP contribution is -1.98. The molecule has 0 aromatic carbocycles. The zero-order chi connectivity index (χ0) is 6.57. The van der Waals surface area contributed by atoms with Gasteiger partial charge in [-0.3, -0.25) is 0 Å². The lowest BCUT2D eigenvalue weighted by atomic mass is 10.6. The van der Waals surface area contributed by atoms with E-state index in [1.807, 2.05) is 13.8 Å². The molecule has 0 aliphatic rings. The molecule has 0 radical (unpaired) electrons. The lowest BCUT2D eigenvalue weighted by Gasteiger charge is -2.01. The van der Waals surface area contributed by atoms with Gasteiger partial charge in [0.05, 0.1) is 5.75 Å². The molecular formula is C5H10F2S. The number of hydrogen-bond donors (Lipinski definition) is 0. The Hall–Kier alpha value is 0.210. The van der Waals surface area contributed by atoms with Crippen LogP contribution in [0.15, 0.2) is 0 Å². The van der Waals surface area contributed by atoms with Crippen LogP contribution in [0.25, 0.3) is 0 Å². The van der Waals surface area contributed by atoms with Crippen molar-refractivity contribution in [1.82, 2.24) is 0 Å². The third-order valence-corrected chi connectivity index (χ3v) is 1.67. The second-order valence-electron chi connectivity index (χ2n) is 1.77. The van der Waals surface area contributed by atoms with Crippen LogP contribution in [0.5, 0.6) is 0 Å². The first kappa shape index (κ1) is 8.21. The lowest BCUT2D eigenvalue weighted by molar-refractivity contribution is 0.176. The second kappa shape index (κ2) is 4.13. The molecular weight excluding hydrogens is 130 g/mol. The zero-order valence-corrected chi connectivity index (χ0v) is 5.84. The highest BCUT2D eigenvalue weighted by molar-refractivity contribution is 7.99. The van der Waals surface area contributed by atoms with Crippen LogP contribution >= 0.6 is 11.8 Å². The summed E-state index contributed by atoms with van der Waals surface area (Å²) in [5.41, 5.74) is 0. The molecule has 50 valence electrons. The maximum Gasteiger partial charge on any atom is 0.247 e. The van der Waals surface area contributed by atoms with Crippen molar-refractivity contribution in [2.45, 2.75) is 25.5 Å². The van der Waals surface area contributed by atoms with E-state index < -0.39 is 6.43 Å². The smallest absolute Gasteiger partial charge is 0.210 e. The summed E-state index contributed by atoms with van der Waals surface area (Å²) in [6, 6.07) is 0. The van der Waals surface area contributed by atoms with Crippen molar-refractivity contribution in [3.05, 3.63) is 0 Å². The molecule has 0 amide bonds. The fraction of sp³-hybridized carbons (Fsp3) is 1.00. The molecule has 8 heavy (non-hydrogen) atoms. The molecule has 0 N–H and O–H groups in total. The van der Waals surface area contributed by atoms with Gasteiger partial charge in [0.2, 0.25) is 6.43 Å². The summed E-state index contributed by atoms with van der Waals surface area (Å²) < 4.78 is 22.7. The number of rotatable bonds is 3. The van der Waals surface area contributed by atoms with Crippen LogP contribution in [0, 0.1) is 0 Å². The Labute approximate surface area is 52.7 Å². The largest absolute Gasteiger partial charge is 0.247 e. The van der Waals surface area contributed by atoms with Gasteiger partial charge in [-0.25, -0.2) is 8.78 Å². The average Bonchev–Trinajstić information content (AvgIpc) is 1.61. The highest BCUT2D eigenvalue weighted by Gasteiger charge is 2.02. The Kier molecular flexibility index (Phi) is 4.23. The molecule has 0 saturated carbocycles. The van der Waals surface area contributed by atoms with Crippen molar-refractivity contribution < 1.29 is 8.78 Å². The number of halogens is 2. The molecule has 0 aromatic rings. The van der Waals surface area contributed by atoms with Crippen molar-refractivity contribution in [3.63, 3.8) is 0 Å². The van der Waals surface area contributed by atoms with E-state index in [2.05, 4.69) is 0 Å². The zero-order valence-electron chi connectivity index (χ0n) is 5.03. The van der Waals surface area contributed by atoms with Crippen LogP contribution in [0.2, 0.25) is 0 Å². The first-order valence-corrected chi connectivity index (χ1v) is 3.57. The summed E-state index contributed by atoms with van der Waals surface area (Å²) in [7, 11) is 0. The van der Waals surface area contributed by atoms with Gasteiger partial charge in [0.15, 0.2) is 0 Å². The van der Waals surface area contributed by atoms with E-state index in [1.165, 1.54) is 11.8 Å². The summed E-state index contributed by atoms with van der Waals surface area (Å²) in [6.07, 6.45) is -2.15. The number of alkyl halides is 2. The fourth-order valence-electron chi connectivity index (χ4n) is 0.265. The number of hydrogen-bond acceptors (Lipinski definition) is 1. The van der Waals surface area contributed by atoms with Gasteiger partial charge in [-0.1, -0.05) is 13.8 Å². The predicted molar refractivity (Wildman–Crippen MR) is 33.6 cm³/mol. The Morgan fingerprint density at radius 3 is 2.00 bits per heavy atom. The summed E-state index contributed by atoms with van der Waals surface area (Å²) in [5, 5.41) is 0.323. The quantitative estimate of drug-likeness (QED) is 0.580. The molecule has 0 saturated heterocycles. The molecule has 0 heterocycles. The summed E-state index contributed by atoms with van der Waals surface area (Å²) in [4.78, 5) is 0. The first-order valence-electron chi connectivity index (χ1n) is 2.52. The first-order chi connectivity index (χ1) is 3.63. The number of thioether (sulfide) groups is 1. The van der Waals surface area contributed by atoms with Crippen molar-refractivity contribution >= 4 is 11.8 Å². The minimum atomic E-state index is -2.15. The van der Waals surface area contributed by atoms with Crippen LogP contribution in [0.3, 0.4) is 0 Å². The average molecular weight is 140 g/mol. The molecule has 3 heteroatoms. The van der Waals surface area contributed by atoms with Crippen molar-refractivity contribution in [3.8, 4) is 0 Å².